The average Bonchev–Trinajstić information content (AvgIpc) is 2.25. The Morgan fingerprint density at radius 2 is 2.00 bits per heavy atom. The zero-order valence-corrected chi connectivity index (χ0v) is 9.08. The van der Waals surface area contributed by atoms with E-state index in [2.05, 4.69) is 4.98 Å². The number of benzene rings is 1. The van der Waals surface area contributed by atoms with E-state index in [0.29, 0.717) is 5.69 Å². The first-order valence-electron chi connectivity index (χ1n) is 4.91. The van der Waals surface area contributed by atoms with Gasteiger partial charge in [0.15, 0.2) is 11.6 Å². The number of ether oxygens (including phenoxy) is 1. The van der Waals surface area contributed by atoms with Crippen LogP contribution < -0.4 is 10.5 Å². The molecule has 0 aliphatic heterocycles. The zero-order valence-electron chi connectivity index (χ0n) is 9.08. The number of hydrogen-bond acceptors (Lipinski definition) is 3. The highest BCUT2D eigenvalue weighted by atomic mass is 19.1. The highest BCUT2D eigenvalue weighted by molar-refractivity contribution is 5.50. The molecule has 1 aromatic heterocycles. The molecule has 0 saturated heterocycles. The Morgan fingerprint density at radius 3 is 2.65 bits per heavy atom. The number of halogens is 2. The molecule has 2 N–H and O–H groups in total. The Kier molecular flexibility index (Phi) is 2.91. The van der Waals surface area contributed by atoms with Crippen molar-refractivity contribution in [3.63, 3.8) is 0 Å². The summed E-state index contributed by atoms with van der Waals surface area (Å²) in [5.74, 6) is -1.48. The molecule has 1 heterocycles. The van der Waals surface area contributed by atoms with Crippen molar-refractivity contribution >= 4 is 5.69 Å². The SMILES string of the molecule is Cc1cnc(Oc2ccc(F)cc2F)c(N)c1. The second-order valence-corrected chi connectivity index (χ2v) is 3.58. The van der Waals surface area contributed by atoms with Crippen molar-refractivity contribution in [3.8, 4) is 11.6 Å². The number of nitrogen functional groups attached to an aromatic ring is 1. The lowest BCUT2D eigenvalue weighted by Crippen LogP contribution is -1.97. The summed E-state index contributed by atoms with van der Waals surface area (Å²) in [5.41, 5.74) is 6.83. The maximum atomic E-state index is 13.3. The third-order valence-electron chi connectivity index (χ3n) is 2.12. The molecule has 3 nitrogen and oxygen atoms in total. The zero-order chi connectivity index (χ0) is 12.4. The fraction of sp³-hybridized carbons (Fsp3) is 0.0833. The minimum atomic E-state index is -0.799. The summed E-state index contributed by atoms with van der Waals surface area (Å²) >= 11 is 0. The van der Waals surface area contributed by atoms with E-state index in [4.69, 9.17) is 10.5 Å². The summed E-state index contributed by atoms with van der Waals surface area (Å²) in [5, 5.41) is 0. The molecule has 0 fully saturated rings. The summed E-state index contributed by atoms with van der Waals surface area (Å²) in [6.45, 7) is 1.83. The molecule has 88 valence electrons. The Labute approximate surface area is 96.9 Å². The molecule has 5 heteroatoms. The van der Waals surface area contributed by atoms with Gasteiger partial charge in [0, 0.05) is 12.3 Å². The van der Waals surface area contributed by atoms with Crippen LogP contribution in [0.15, 0.2) is 30.5 Å². The largest absolute Gasteiger partial charge is 0.434 e. The lowest BCUT2D eigenvalue weighted by atomic mass is 10.3. The molecule has 0 saturated carbocycles. The highest BCUT2D eigenvalue weighted by Crippen LogP contribution is 2.27. The summed E-state index contributed by atoms with van der Waals surface area (Å²) in [6, 6.07) is 4.68. The van der Waals surface area contributed by atoms with Crippen LogP contribution in [-0.4, -0.2) is 4.98 Å². The van der Waals surface area contributed by atoms with E-state index in [0.717, 1.165) is 17.7 Å². The van der Waals surface area contributed by atoms with Crippen LogP contribution in [0.2, 0.25) is 0 Å². The van der Waals surface area contributed by atoms with Gasteiger partial charge in [0.2, 0.25) is 5.88 Å². The fourth-order valence-corrected chi connectivity index (χ4v) is 1.33. The average molecular weight is 236 g/mol. The summed E-state index contributed by atoms with van der Waals surface area (Å²) in [6.07, 6.45) is 1.55. The third kappa shape index (κ3) is 2.50. The maximum Gasteiger partial charge on any atom is 0.242 e. The maximum absolute atomic E-state index is 13.3. The predicted octanol–water partition coefficient (Wildman–Crippen LogP) is 3.04. The van der Waals surface area contributed by atoms with E-state index >= 15 is 0 Å². The molecule has 0 bridgehead atoms. The van der Waals surface area contributed by atoms with Crippen LogP contribution in [0, 0.1) is 18.6 Å². The van der Waals surface area contributed by atoms with Crippen molar-refractivity contribution in [1.29, 1.82) is 0 Å². The van der Waals surface area contributed by atoms with E-state index in [1.807, 2.05) is 6.92 Å². The summed E-state index contributed by atoms with van der Waals surface area (Å²) < 4.78 is 31.2. The number of anilines is 1. The molecule has 2 aromatic rings. The molecule has 17 heavy (non-hydrogen) atoms. The minimum Gasteiger partial charge on any atom is -0.434 e. The van der Waals surface area contributed by atoms with Gasteiger partial charge in [0.25, 0.3) is 0 Å². The molecular weight excluding hydrogens is 226 g/mol. The fourth-order valence-electron chi connectivity index (χ4n) is 1.33. The topological polar surface area (TPSA) is 48.1 Å². The first-order chi connectivity index (χ1) is 8.06. The molecule has 0 radical (unpaired) electrons. The van der Waals surface area contributed by atoms with Crippen LogP contribution in [-0.2, 0) is 0 Å². The van der Waals surface area contributed by atoms with Gasteiger partial charge in [-0.2, -0.15) is 0 Å². The second kappa shape index (κ2) is 4.37. The Bertz CT molecular complexity index is 509. The minimum absolute atomic E-state index is 0.0982. The number of aryl methyl sites for hydroxylation is 1. The van der Waals surface area contributed by atoms with Crippen molar-refractivity contribution in [2.75, 3.05) is 5.73 Å². The van der Waals surface area contributed by atoms with Gasteiger partial charge in [-0.15, -0.1) is 0 Å². The Morgan fingerprint density at radius 1 is 1.24 bits per heavy atom. The lowest BCUT2D eigenvalue weighted by Gasteiger charge is -2.08. The molecular formula is C12H10F2N2O. The monoisotopic (exact) mass is 236 g/mol. The lowest BCUT2D eigenvalue weighted by molar-refractivity contribution is 0.425. The van der Waals surface area contributed by atoms with Gasteiger partial charge in [-0.05, 0) is 30.7 Å². The quantitative estimate of drug-likeness (QED) is 0.871. The van der Waals surface area contributed by atoms with Gasteiger partial charge >= 0.3 is 0 Å². The molecule has 0 unspecified atom stereocenters. The van der Waals surface area contributed by atoms with Crippen molar-refractivity contribution in [2.45, 2.75) is 6.92 Å². The Balaban J connectivity index is 2.31. The predicted molar refractivity (Wildman–Crippen MR) is 59.8 cm³/mol. The molecule has 1 aromatic carbocycles. The number of hydrogen-bond donors (Lipinski definition) is 1. The van der Waals surface area contributed by atoms with Crippen LogP contribution in [0.3, 0.4) is 0 Å². The van der Waals surface area contributed by atoms with E-state index in [-0.39, 0.29) is 11.6 Å². The van der Waals surface area contributed by atoms with Crippen LogP contribution >= 0.6 is 0 Å². The van der Waals surface area contributed by atoms with Gasteiger partial charge in [-0.25, -0.2) is 13.8 Å². The van der Waals surface area contributed by atoms with Gasteiger partial charge < -0.3 is 10.5 Å². The van der Waals surface area contributed by atoms with Crippen LogP contribution in [0.4, 0.5) is 14.5 Å². The van der Waals surface area contributed by atoms with Gasteiger partial charge in [0.1, 0.15) is 5.82 Å². The highest BCUT2D eigenvalue weighted by Gasteiger charge is 2.09. The number of rotatable bonds is 2. The van der Waals surface area contributed by atoms with Crippen molar-refractivity contribution in [2.24, 2.45) is 0 Å². The molecule has 0 amide bonds. The molecule has 0 spiro atoms. The smallest absolute Gasteiger partial charge is 0.242 e. The molecule has 0 aliphatic rings. The van der Waals surface area contributed by atoms with Crippen molar-refractivity contribution < 1.29 is 13.5 Å². The van der Waals surface area contributed by atoms with E-state index in [1.165, 1.54) is 6.07 Å². The van der Waals surface area contributed by atoms with Crippen LogP contribution in [0.5, 0.6) is 11.6 Å². The summed E-state index contributed by atoms with van der Waals surface area (Å²) in [7, 11) is 0. The number of nitrogens with two attached hydrogens (primary N) is 1. The van der Waals surface area contributed by atoms with E-state index in [9.17, 15) is 8.78 Å². The van der Waals surface area contributed by atoms with Crippen molar-refractivity contribution in [3.05, 3.63) is 47.7 Å². The normalized spacial score (nSPS) is 10.3. The standard InChI is InChI=1S/C12H10F2N2O/c1-7-4-10(15)12(16-6-7)17-11-3-2-8(13)5-9(11)14/h2-6H,15H2,1H3. The van der Waals surface area contributed by atoms with E-state index in [1.54, 1.807) is 12.3 Å². The third-order valence-corrected chi connectivity index (χ3v) is 2.12. The van der Waals surface area contributed by atoms with Gasteiger partial charge in [0.05, 0.1) is 5.69 Å². The molecule has 2 rings (SSSR count). The van der Waals surface area contributed by atoms with Crippen LogP contribution in [0.1, 0.15) is 5.56 Å². The molecule has 0 aliphatic carbocycles. The van der Waals surface area contributed by atoms with E-state index < -0.39 is 11.6 Å². The van der Waals surface area contributed by atoms with Gasteiger partial charge in [-0.3, -0.25) is 0 Å². The molecule has 0 atom stereocenters. The number of pyridine rings is 1. The van der Waals surface area contributed by atoms with Gasteiger partial charge in [-0.1, -0.05) is 0 Å². The Hall–Kier alpha value is -2.17. The summed E-state index contributed by atoms with van der Waals surface area (Å²) in [4.78, 5) is 3.93. The first kappa shape index (κ1) is 11.3. The second-order valence-electron chi connectivity index (χ2n) is 3.58. The number of aromatic nitrogens is 1. The number of nitrogens with zero attached hydrogens (tertiary/aromatic N) is 1. The van der Waals surface area contributed by atoms with Crippen molar-refractivity contribution in [1.82, 2.24) is 4.98 Å². The first-order valence-corrected chi connectivity index (χ1v) is 4.91. The van der Waals surface area contributed by atoms with Crippen LogP contribution in [0.25, 0.3) is 0 Å².